The first-order valence-corrected chi connectivity index (χ1v) is 13.3. The van der Waals surface area contributed by atoms with E-state index in [1.54, 1.807) is 13.2 Å². The van der Waals surface area contributed by atoms with Gasteiger partial charge in [0.05, 0.1) is 7.11 Å². The van der Waals surface area contributed by atoms with Crippen molar-refractivity contribution in [3.05, 3.63) is 35.9 Å². The zero-order chi connectivity index (χ0) is 19.4. The number of ketones is 1. The molecule has 4 heteroatoms. The first-order valence-electron chi connectivity index (χ1n) is 9.91. The Labute approximate surface area is 160 Å². The number of methoxy groups -OCH3 is 1. The number of ether oxygens (including phenoxy) is 1. The lowest BCUT2D eigenvalue weighted by atomic mass is 10.1. The molecule has 0 aromatic heterocycles. The average molecular weight is 377 g/mol. The van der Waals surface area contributed by atoms with Gasteiger partial charge in [0.1, 0.15) is 5.75 Å². The van der Waals surface area contributed by atoms with E-state index in [9.17, 15) is 4.79 Å². The predicted octanol–water partition coefficient (Wildman–Crippen LogP) is 6.33. The molecule has 1 rings (SSSR count). The van der Waals surface area contributed by atoms with Crippen molar-refractivity contribution in [3.63, 3.8) is 0 Å². The molecule has 0 aliphatic rings. The lowest BCUT2D eigenvalue weighted by Gasteiger charge is -2.21. The molecule has 1 aromatic carbocycles. The van der Waals surface area contributed by atoms with E-state index in [1.165, 1.54) is 32.1 Å². The number of benzene rings is 1. The van der Waals surface area contributed by atoms with Crippen molar-refractivity contribution in [2.75, 3.05) is 7.11 Å². The Kier molecular flexibility index (Phi) is 10.3. The normalized spacial score (nSPS) is 11.7. The highest BCUT2D eigenvalue weighted by Crippen LogP contribution is 2.30. The van der Waals surface area contributed by atoms with Crippen LogP contribution in [0.2, 0.25) is 19.6 Å². The summed E-state index contributed by atoms with van der Waals surface area (Å²) >= 11 is 0. The number of carbonyl (C=O) groups excluding carboxylic acids is 1. The first kappa shape index (κ1) is 22.5. The Morgan fingerprint density at radius 1 is 1.08 bits per heavy atom. The van der Waals surface area contributed by atoms with Crippen LogP contribution in [0.25, 0.3) is 0 Å². The van der Waals surface area contributed by atoms with Gasteiger partial charge in [-0.1, -0.05) is 44.7 Å². The van der Waals surface area contributed by atoms with Gasteiger partial charge < -0.3 is 9.16 Å². The van der Waals surface area contributed by atoms with Crippen LogP contribution < -0.4 is 9.16 Å². The van der Waals surface area contributed by atoms with Crippen molar-refractivity contribution in [1.82, 2.24) is 0 Å². The number of rotatable bonds is 13. The molecule has 0 N–H and O–H groups in total. The summed E-state index contributed by atoms with van der Waals surface area (Å²) in [4.78, 5) is 12.0. The second kappa shape index (κ2) is 11.9. The van der Waals surface area contributed by atoms with E-state index < -0.39 is 8.32 Å². The molecule has 0 spiro atoms. The van der Waals surface area contributed by atoms with E-state index >= 15 is 0 Å². The van der Waals surface area contributed by atoms with Crippen molar-refractivity contribution in [3.8, 4) is 11.5 Å². The van der Waals surface area contributed by atoms with Gasteiger partial charge in [0.15, 0.2) is 11.5 Å². The Bertz CT molecular complexity index is 573. The van der Waals surface area contributed by atoms with Crippen LogP contribution in [0.5, 0.6) is 11.5 Å². The average Bonchev–Trinajstić information content (AvgIpc) is 2.58. The summed E-state index contributed by atoms with van der Waals surface area (Å²) in [5, 5.41) is 0. The highest BCUT2D eigenvalue weighted by atomic mass is 28.4. The quantitative estimate of drug-likeness (QED) is 0.229. The Balaban J connectivity index is 2.43. The molecule has 0 bridgehead atoms. The van der Waals surface area contributed by atoms with E-state index in [1.807, 2.05) is 24.3 Å². The molecule has 3 nitrogen and oxygen atoms in total. The van der Waals surface area contributed by atoms with Crippen molar-refractivity contribution in [2.24, 2.45) is 0 Å². The minimum atomic E-state index is -1.67. The third kappa shape index (κ3) is 9.81. The maximum Gasteiger partial charge on any atom is 0.242 e. The number of hydrogen-bond acceptors (Lipinski definition) is 3. The second-order valence-corrected chi connectivity index (χ2v) is 12.2. The van der Waals surface area contributed by atoms with Gasteiger partial charge in [-0.25, -0.2) is 0 Å². The molecular formula is C22H36O3Si. The van der Waals surface area contributed by atoms with Crippen molar-refractivity contribution >= 4 is 14.1 Å². The predicted molar refractivity (Wildman–Crippen MR) is 113 cm³/mol. The molecule has 0 saturated carbocycles. The molecule has 26 heavy (non-hydrogen) atoms. The lowest BCUT2D eigenvalue weighted by molar-refractivity contribution is -0.114. The SMILES string of the molecule is CCCCCCCC=CC(=O)CCc1ccc(O[Si](C)(C)C)c(OC)c1. The van der Waals surface area contributed by atoms with Gasteiger partial charge in [0.2, 0.25) is 8.32 Å². The molecule has 146 valence electrons. The Hall–Kier alpha value is -1.55. The van der Waals surface area contributed by atoms with Crippen molar-refractivity contribution in [2.45, 2.75) is 77.9 Å². The molecule has 0 unspecified atom stereocenters. The van der Waals surface area contributed by atoms with Crippen LogP contribution in [0.3, 0.4) is 0 Å². The summed E-state index contributed by atoms with van der Waals surface area (Å²) in [6.45, 7) is 8.67. The summed E-state index contributed by atoms with van der Waals surface area (Å²) < 4.78 is 11.5. The zero-order valence-corrected chi connectivity index (χ0v) is 18.3. The maximum absolute atomic E-state index is 12.0. The molecule has 0 heterocycles. The van der Waals surface area contributed by atoms with E-state index in [4.69, 9.17) is 9.16 Å². The van der Waals surface area contributed by atoms with Crippen LogP contribution in [0.4, 0.5) is 0 Å². The number of hydrogen-bond donors (Lipinski definition) is 0. The molecular weight excluding hydrogens is 340 g/mol. The Morgan fingerprint density at radius 3 is 2.46 bits per heavy atom. The van der Waals surface area contributed by atoms with Crippen molar-refractivity contribution < 1.29 is 14.0 Å². The molecule has 0 fully saturated rings. The summed E-state index contributed by atoms with van der Waals surface area (Å²) in [7, 11) is -0.0150. The van der Waals surface area contributed by atoms with Crippen LogP contribution in [0, 0.1) is 0 Å². The van der Waals surface area contributed by atoms with Gasteiger partial charge in [-0.15, -0.1) is 0 Å². The summed E-state index contributed by atoms with van der Waals surface area (Å²) in [5.74, 6) is 1.74. The number of unbranched alkanes of at least 4 members (excludes halogenated alkanes) is 5. The topological polar surface area (TPSA) is 35.5 Å². The summed E-state index contributed by atoms with van der Waals surface area (Å²) in [6, 6.07) is 5.98. The van der Waals surface area contributed by atoms with Crippen LogP contribution in [0.15, 0.2) is 30.4 Å². The van der Waals surface area contributed by atoms with Crippen LogP contribution in [-0.2, 0) is 11.2 Å². The first-order chi connectivity index (χ1) is 12.4. The fourth-order valence-corrected chi connectivity index (χ4v) is 3.54. The van der Waals surface area contributed by atoms with Gasteiger partial charge in [-0.05, 0) is 62.7 Å². The van der Waals surface area contributed by atoms with E-state index in [0.29, 0.717) is 6.42 Å². The lowest BCUT2D eigenvalue weighted by Crippen LogP contribution is -2.29. The zero-order valence-electron chi connectivity index (χ0n) is 17.3. The highest BCUT2D eigenvalue weighted by Gasteiger charge is 2.18. The van der Waals surface area contributed by atoms with Crippen LogP contribution in [0.1, 0.15) is 57.4 Å². The largest absolute Gasteiger partial charge is 0.542 e. The number of carbonyl (C=O) groups is 1. The molecule has 1 aromatic rings. The van der Waals surface area contributed by atoms with E-state index in [-0.39, 0.29) is 5.78 Å². The monoisotopic (exact) mass is 376 g/mol. The fourth-order valence-electron chi connectivity index (χ4n) is 2.71. The molecule has 0 radical (unpaired) electrons. The summed E-state index contributed by atoms with van der Waals surface area (Å²) in [5.41, 5.74) is 1.10. The van der Waals surface area contributed by atoms with Gasteiger partial charge >= 0.3 is 0 Å². The van der Waals surface area contributed by atoms with Crippen LogP contribution >= 0.6 is 0 Å². The van der Waals surface area contributed by atoms with Gasteiger partial charge in [-0.3, -0.25) is 4.79 Å². The number of aryl methyl sites for hydroxylation is 1. The molecule has 0 atom stereocenters. The number of allylic oxidation sites excluding steroid dienone is 2. The third-order valence-electron chi connectivity index (χ3n) is 4.08. The van der Waals surface area contributed by atoms with E-state index in [2.05, 4.69) is 26.6 Å². The maximum atomic E-state index is 12.0. The van der Waals surface area contributed by atoms with Gasteiger partial charge in [0, 0.05) is 6.42 Å². The molecule has 0 aliphatic heterocycles. The van der Waals surface area contributed by atoms with Gasteiger partial charge in [-0.2, -0.15) is 0 Å². The van der Waals surface area contributed by atoms with Crippen LogP contribution in [-0.4, -0.2) is 21.2 Å². The Morgan fingerprint density at radius 2 is 1.81 bits per heavy atom. The molecule has 0 aliphatic carbocycles. The minimum Gasteiger partial charge on any atom is -0.542 e. The second-order valence-electron chi connectivity index (χ2n) is 7.77. The molecule has 0 saturated heterocycles. The fraction of sp³-hybridized carbons (Fsp3) is 0.591. The third-order valence-corrected chi connectivity index (χ3v) is 4.91. The highest BCUT2D eigenvalue weighted by molar-refractivity contribution is 6.70. The minimum absolute atomic E-state index is 0.194. The van der Waals surface area contributed by atoms with Gasteiger partial charge in [0.25, 0.3) is 0 Å². The molecule has 0 amide bonds. The summed E-state index contributed by atoms with van der Waals surface area (Å²) in [6.07, 6.45) is 12.4. The smallest absolute Gasteiger partial charge is 0.242 e. The van der Waals surface area contributed by atoms with Crippen molar-refractivity contribution in [1.29, 1.82) is 0 Å². The van der Waals surface area contributed by atoms with E-state index in [0.717, 1.165) is 29.9 Å². The standard InChI is InChI=1S/C22H36O3Si/c1-6-7-8-9-10-11-12-13-20(23)16-14-19-15-17-21(22(18-19)24-2)25-26(3,4)5/h12-13,15,17-18H,6-11,14,16H2,1-5H3.